The Morgan fingerprint density at radius 3 is 2.68 bits per heavy atom. The highest BCUT2D eigenvalue weighted by molar-refractivity contribution is 9.10. The van der Waals surface area contributed by atoms with Crippen molar-refractivity contribution in [2.45, 2.75) is 45.6 Å². The normalized spacial score (nSPS) is 30.1. The molecule has 19 heavy (non-hydrogen) atoms. The molecule has 0 saturated heterocycles. The zero-order valence-corrected chi connectivity index (χ0v) is 13.6. The molecule has 0 radical (unpaired) electrons. The van der Waals surface area contributed by atoms with Crippen molar-refractivity contribution >= 4 is 21.6 Å². The molecule has 0 amide bonds. The SMILES string of the molecule is CC1CC(C)(C)CC(CO)(Nc2cccc(Br)c2)C1. The van der Waals surface area contributed by atoms with E-state index in [1.54, 1.807) is 0 Å². The maximum atomic E-state index is 9.95. The van der Waals surface area contributed by atoms with Crippen LogP contribution < -0.4 is 5.32 Å². The van der Waals surface area contributed by atoms with E-state index in [0.29, 0.717) is 5.92 Å². The van der Waals surface area contributed by atoms with Gasteiger partial charge in [-0.3, -0.25) is 0 Å². The van der Waals surface area contributed by atoms with Crippen LogP contribution in [0.15, 0.2) is 28.7 Å². The van der Waals surface area contributed by atoms with Crippen LogP contribution in [-0.4, -0.2) is 17.3 Å². The molecule has 1 aliphatic rings. The average Bonchev–Trinajstić information content (AvgIpc) is 2.26. The van der Waals surface area contributed by atoms with Gasteiger partial charge >= 0.3 is 0 Å². The van der Waals surface area contributed by atoms with E-state index in [0.717, 1.165) is 23.0 Å². The van der Waals surface area contributed by atoms with Gasteiger partial charge in [0.1, 0.15) is 0 Å². The number of aliphatic hydroxyl groups excluding tert-OH is 1. The maximum absolute atomic E-state index is 9.95. The Bertz CT molecular complexity index is 446. The summed E-state index contributed by atoms with van der Waals surface area (Å²) in [4.78, 5) is 0. The maximum Gasteiger partial charge on any atom is 0.0661 e. The summed E-state index contributed by atoms with van der Waals surface area (Å²) in [6.45, 7) is 7.08. The fourth-order valence-corrected chi connectivity index (χ4v) is 4.27. The molecule has 0 bridgehead atoms. The van der Waals surface area contributed by atoms with Crippen LogP contribution in [0.2, 0.25) is 0 Å². The molecule has 2 nitrogen and oxygen atoms in total. The van der Waals surface area contributed by atoms with Crippen LogP contribution in [0.3, 0.4) is 0 Å². The largest absolute Gasteiger partial charge is 0.394 e. The lowest BCUT2D eigenvalue weighted by Gasteiger charge is -2.47. The van der Waals surface area contributed by atoms with Crippen LogP contribution in [-0.2, 0) is 0 Å². The minimum atomic E-state index is -0.192. The first-order valence-electron chi connectivity index (χ1n) is 6.99. The minimum absolute atomic E-state index is 0.188. The Hall–Kier alpha value is -0.540. The van der Waals surface area contributed by atoms with Crippen molar-refractivity contribution in [1.29, 1.82) is 0 Å². The van der Waals surface area contributed by atoms with Gasteiger partial charge in [0.25, 0.3) is 0 Å². The van der Waals surface area contributed by atoms with Gasteiger partial charge in [-0.05, 0) is 48.8 Å². The summed E-state index contributed by atoms with van der Waals surface area (Å²) >= 11 is 3.50. The number of hydrogen-bond acceptors (Lipinski definition) is 2. The molecule has 1 saturated carbocycles. The lowest BCUT2D eigenvalue weighted by molar-refractivity contribution is 0.0750. The molecule has 2 unspecified atom stereocenters. The van der Waals surface area contributed by atoms with E-state index in [1.807, 2.05) is 12.1 Å². The molecule has 1 aromatic rings. The summed E-state index contributed by atoms with van der Waals surface area (Å²) in [5, 5.41) is 13.5. The molecule has 0 aliphatic heterocycles. The number of benzene rings is 1. The molecule has 1 aromatic carbocycles. The van der Waals surface area contributed by atoms with Gasteiger partial charge in [-0.2, -0.15) is 0 Å². The second kappa shape index (κ2) is 5.45. The first kappa shape index (κ1) is 14.9. The monoisotopic (exact) mass is 325 g/mol. The number of anilines is 1. The second-order valence-electron chi connectivity index (χ2n) is 6.93. The summed E-state index contributed by atoms with van der Waals surface area (Å²) in [6.07, 6.45) is 3.27. The lowest BCUT2D eigenvalue weighted by atomic mass is 9.64. The minimum Gasteiger partial charge on any atom is -0.394 e. The zero-order chi connectivity index (χ0) is 14.1. The Morgan fingerprint density at radius 2 is 2.11 bits per heavy atom. The molecule has 0 aromatic heterocycles. The van der Waals surface area contributed by atoms with E-state index in [-0.39, 0.29) is 17.6 Å². The van der Waals surface area contributed by atoms with Gasteiger partial charge in [0.05, 0.1) is 12.1 Å². The molecule has 3 heteroatoms. The average molecular weight is 326 g/mol. The fourth-order valence-electron chi connectivity index (χ4n) is 3.87. The molecule has 1 aliphatic carbocycles. The molecule has 2 atom stereocenters. The van der Waals surface area contributed by atoms with Gasteiger partial charge in [0, 0.05) is 10.2 Å². The van der Waals surface area contributed by atoms with E-state index < -0.39 is 0 Å². The van der Waals surface area contributed by atoms with Crippen LogP contribution >= 0.6 is 15.9 Å². The summed E-state index contributed by atoms with van der Waals surface area (Å²) in [7, 11) is 0. The molecule has 0 spiro atoms. The quantitative estimate of drug-likeness (QED) is 0.861. The molecular weight excluding hydrogens is 302 g/mol. The Labute approximate surface area is 124 Å². The summed E-state index contributed by atoms with van der Waals surface area (Å²) in [6, 6.07) is 8.18. The van der Waals surface area contributed by atoms with Crippen molar-refractivity contribution < 1.29 is 5.11 Å². The lowest BCUT2D eigenvalue weighted by Crippen LogP contribution is -2.50. The summed E-state index contributed by atoms with van der Waals surface area (Å²) in [5.41, 5.74) is 1.16. The van der Waals surface area contributed by atoms with E-state index in [1.165, 1.54) is 6.42 Å². The van der Waals surface area contributed by atoms with Crippen molar-refractivity contribution in [3.8, 4) is 0 Å². The second-order valence-corrected chi connectivity index (χ2v) is 7.84. The van der Waals surface area contributed by atoms with Crippen LogP contribution in [0.4, 0.5) is 5.69 Å². The Balaban J connectivity index is 2.22. The van der Waals surface area contributed by atoms with Crippen LogP contribution in [0.25, 0.3) is 0 Å². The third-order valence-electron chi connectivity index (χ3n) is 3.99. The summed E-state index contributed by atoms with van der Waals surface area (Å²) < 4.78 is 1.06. The smallest absolute Gasteiger partial charge is 0.0661 e. The van der Waals surface area contributed by atoms with Crippen LogP contribution in [0, 0.1) is 11.3 Å². The van der Waals surface area contributed by atoms with Crippen LogP contribution in [0.1, 0.15) is 40.0 Å². The molecule has 106 valence electrons. The van der Waals surface area contributed by atoms with Gasteiger partial charge < -0.3 is 10.4 Å². The van der Waals surface area contributed by atoms with E-state index in [4.69, 9.17) is 0 Å². The van der Waals surface area contributed by atoms with Gasteiger partial charge in [-0.1, -0.05) is 42.8 Å². The number of rotatable bonds is 3. The number of nitrogens with one attached hydrogen (secondary N) is 1. The van der Waals surface area contributed by atoms with Crippen molar-refractivity contribution in [1.82, 2.24) is 0 Å². The van der Waals surface area contributed by atoms with Crippen LogP contribution in [0.5, 0.6) is 0 Å². The molecule has 2 N–H and O–H groups in total. The highest BCUT2D eigenvalue weighted by atomic mass is 79.9. The number of halogens is 1. The highest BCUT2D eigenvalue weighted by Gasteiger charge is 2.42. The topological polar surface area (TPSA) is 32.3 Å². The molecule has 1 fully saturated rings. The van der Waals surface area contributed by atoms with Crippen molar-refractivity contribution in [3.05, 3.63) is 28.7 Å². The predicted octanol–water partition coefficient (Wildman–Crippen LogP) is 4.44. The number of aliphatic hydroxyl groups is 1. The van der Waals surface area contributed by atoms with Gasteiger partial charge in [-0.15, -0.1) is 0 Å². The summed E-state index contributed by atoms with van der Waals surface area (Å²) in [5.74, 6) is 0.635. The van der Waals surface area contributed by atoms with Crippen molar-refractivity contribution in [2.24, 2.45) is 11.3 Å². The van der Waals surface area contributed by atoms with E-state index in [9.17, 15) is 5.11 Å². The zero-order valence-electron chi connectivity index (χ0n) is 12.0. The Morgan fingerprint density at radius 1 is 1.37 bits per heavy atom. The molecule has 2 rings (SSSR count). The van der Waals surface area contributed by atoms with E-state index >= 15 is 0 Å². The van der Waals surface area contributed by atoms with E-state index in [2.05, 4.69) is 54.2 Å². The third-order valence-corrected chi connectivity index (χ3v) is 4.49. The first-order valence-corrected chi connectivity index (χ1v) is 7.78. The van der Waals surface area contributed by atoms with Gasteiger partial charge in [-0.25, -0.2) is 0 Å². The Kier molecular flexibility index (Phi) is 4.26. The van der Waals surface area contributed by atoms with Gasteiger partial charge in [0.15, 0.2) is 0 Å². The predicted molar refractivity (Wildman–Crippen MR) is 84.4 cm³/mol. The third kappa shape index (κ3) is 3.73. The molecular formula is C16H24BrNO. The highest BCUT2D eigenvalue weighted by Crippen LogP contribution is 2.45. The standard InChI is InChI=1S/C16H24BrNO/c1-12-8-15(2,3)10-16(9-12,11-19)18-14-6-4-5-13(17)7-14/h4-7,12,18-19H,8-11H2,1-3H3. The fraction of sp³-hybridized carbons (Fsp3) is 0.625. The number of hydrogen-bond donors (Lipinski definition) is 2. The molecule has 0 heterocycles. The van der Waals surface area contributed by atoms with Crippen molar-refractivity contribution in [3.63, 3.8) is 0 Å². The van der Waals surface area contributed by atoms with Gasteiger partial charge in [0.2, 0.25) is 0 Å². The first-order chi connectivity index (χ1) is 8.84. The van der Waals surface area contributed by atoms with Crippen molar-refractivity contribution in [2.75, 3.05) is 11.9 Å².